The summed E-state index contributed by atoms with van der Waals surface area (Å²) in [7, 11) is 0. The van der Waals surface area contributed by atoms with Crippen molar-refractivity contribution in [3.05, 3.63) is 54.5 Å². The van der Waals surface area contributed by atoms with E-state index in [0.717, 1.165) is 22.7 Å². The fourth-order valence-corrected chi connectivity index (χ4v) is 6.02. The first-order valence-corrected chi connectivity index (χ1v) is 9.68. The van der Waals surface area contributed by atoms with Crippen molar-refractivity contribution >= 4 is 34.9 Å². The van der Waals surface area contributed by atoms with Crippen LogP contribution in [0, 0.1) is 11.3 Å². The van der Waals surface area contributed by atoms with E-state index in [1.165, 1.54) is 5.01 Å². The molecule has 134 valence electrons. The molecule has 6 heteroatoms. The number of hydrazone groups is 1. The Kier molecular flexibility index (Phi) is 4.23. The molecule has 0 bridgehead atoms. The molecular weight excluding hydrogens is 348 g/mol. The zero-order valence-corrected chi connectivity index (χ0v) is 15.5. The second-order valence-electron chi connectivity index (χ2n) is 6.88. The maximum Gasteiger partial charge on any atom is 0.261 e. The number of carbonyl (C=O) groups excluding carboxylic acids is 2. The lowest BCUT2D eigenvalue weighted by molar-refractivity contribution is -0.126. The first kappa shape index (κ1) is 17.1. The number of hydrogen-bond donors (Lipinski definition) is 0. The summed E-state index contributed by atoms with van der Waals surface area (Å²) in [5, 5.41) is 6.04. The standard InChI is InChI=1S/C20H20N2O3S/c1-13(23)10-16-12-26-18(15-8-9-25-11-15)20(16)14(2)21-22(19(20)24)17-6-4-3-5-7-17/h3-9,11,16,18H,10,12H2,1-2H3/t16-,18-,20+/m0/s1. The van der Waals surface area contributed by atoms with Gasteiger partial charge in [-0.2, -0.15) is 21.9 Å². The van der Waals surface area contributed by atoms with Crippen molar-refractivity contribution in [1.29, 1.82) is 0 Å². The predicted molar refractivity (Wildman–Crippen MR) is 102 cm³/mol. The lowest BCUT2D eigenvalue weighted by Crippen LogP contribution is -2.46. The van der Waals surface area contributed by atoms with Gasteiger partial charge >= 0.3 is 0 Å². The Hall–Kier alpha value is -2.34. The number of furan rings is 1. The van der Waals surface area contributed by atoms with Crippen molar-refractivity contribution < 1.29 is 14.0 Å². The number of amides is 1. The van der Waals surface area contributed by atoms with Gasteiger partial charge in [-0.05, 0) is 43.7 Å². The first-order chi connectivity index (χ1) is 12.5. The highest BCUT2D eigenvalue weighted by Gasteiger charge is 2.63. The third-order valence-electron chi connectivity index (χ3n) is 5.30. The fourth-order valence-electron chi connectivity index (χ4n) is 4.16. The number of benzene rings is 1. The molecule has 0 radical (unpaired) electrons. The molecule has 5 nitrogen and oxygen atoms in total. The van der Waals surface area contributed by atoms with E-state index in [-0.39, 0.29) is 22.9 Å². The topological polar surface area (TPSA) is 62.9 Å². The second kappa shape index (κ2) is 6.43. The highest BCUT2D eigenvalue weighted by Crippen LogP contribution is 2.61. The average molecular weight is 368 g/mol. The Balaban J connectivity index is 1.82. The van der Waals surface area contributed by atoms with Crippen LogP contribution in [0.3, 0.4) is 0 Å². The molecule has 1 aromatic carbocycles. The first-order valence-electron chi connectivity index (χ1n) is 8.63. The molecule has 2 aromatic rings. The smallest absolute Gasteiger partial charge is 0.261 e. The number of Topliss-reactive ketones (excluding diaryl/α,β-unsaturated/α-hetero) is 1. The monoisotopic (exact) mass is 368 g/mol. The maximum absolute atomic E-state index is 13.7. The predicted octanol–water partition coefficient (Wildman–Crippen LogP) is 4.07. The second-order valence-corrected chi connectivity index (χ2v) is 8.02. The Morgan fingerprint density at radius 1 is 1.35 bits per heavy atom. The maximum atomic E-state index is 13.7. The van der Waals surface area contributed by atoms with E-state index in [9.17, 15) is 9.59 Å². The number of nitrogens with zero attached hydrogens (tertiary/aromatic N) is 2. The Morgan fingerprint density at radius 2 is 2.12 bits per heavy atom. The van der Waals surface area contributed by atoms with Crippen LogP contribution in [0.4, 0.5) is 5.69 Å². The molecule has 1 fully saturated rings. The van der Waals surface area contributed by atoms with E-state index in [0.29, 0.717) is 6.42 Å². The molecule has 1 spiro atoms. The Labute approximate surface area is 156 Å². The summed E-state index contributed by atoms with van der Waals surface area (Å²) in [5.74, 6) is 0.719. The summed E-state index contributed by atoms with van der Waals surface area (Å²) in [6, 6.07) is 11.4. The molecule has 0 unspecified atom stereocenters. The van der Waals surface area contributed by atoms with Crippen molar-refractivity contribution in [1.82, 2.24) is 0 Å². The van der Waals surface area contributed by atoms with Crippen LogP contribution in [0.1, 0.15) is 31.1 Å². The molecule has 0 saturated carbocycles. The average Bonchev–Trinajstić information content (AvgIpc) is 3.32. The lowest BCUT2D eigenvalue weighted by atomic mass is 9.67. The number of para-hydroxylation sites is 1. The third-order valence-corrected chi connectivity index (χ3v) is 6.87. The van der Waals surface area contributed by atoms with E-state index in [4.69, 9.17) is 4.42 Å². The van der Waals surface area contributed by atoms with E-state index in [2.05, 4.69) is 5.10 Å². The van der Waals surface area contributed by atoms with E-state index in [1.54, 1.807) is 31.2 Å². The summed E-state index contributed by atoms with van der Waals surface area (Å²) < 4.78 is 5.28. The summed E-state index contributed by atoms with van der Waals surface area (Å²) in [4.78, 5) is 25.6. The van der Waals surface area contributed by atoms with Crippen LogP contribution in [-0.4, -0.2) is 23.2 Å². The summed E-state index contributed by atoms with van der Waals surface area (Å²) >= 11 is 1.71. The molecule has 1 aromatic heterocycles. The van der Waals surface area contributed by atoms with Gasteiger partial charge in [-0.25, -0.2) is 0 Å². The number of carbonyl (C=O) groups is 2. The normalized spacial score (nSPS) is 28.0. The number of hydrogen-bond acceptors (Lipinski definition) is 5. The number of ketones is 1. The van der Waals surface area contributed by atoms with Gasteiger partial charge in [0.2, 0.25) is 0 Å². The number of anilines is 1. The van der Waals surface area contributed by atoms with Crippen molar-refractivity contribution in [3.8, 4) is 0 Å². The molecule has 0 aliphatic carbocycles. The summed E-state index contributed by atoms with van der Waals surface area (Å²) in [5.41, 5.74) is 1.68. The molecular formula is C20H20N2O3S. The molecule has 0 N–H and O–H groups in total. The van der Waals surface area contributed by atoms with Crippen LogP contribution >= 0.6 is 11.8 Å². The van der Waals surface area contributed by atoms with Crippen LogP contribution in [0.15, 0.2) is 58.4 Å². The highest BCUT2D eigenvalue weighted by atomic mass is 32.2. The summed E-state index contributed by atoms with van der Waals surface area (Å²) in [6.45, 7) is 3.50. The minimum Gasteiger partial charge on any atom is -0.472 e. The van der Waals surface area contributed by atoms with Gasteiger partial charge in [0.05, 0.1) is 29.2 Å². The zero-order valence-electron chi connectivity index (χ0n) is 14.7. The highest BCUT2D eigenvalue weighted by molar-refractivity contribution is 7.99. The van der Waals surface area contributed by atoms with Crippen LogP contribution in [0.5, 0.6) is 0 Å². The van der Waals surface area contributed by atoms with E-state index >= 15 is 0 Å². The lowest BCUT2D eigenvalue weighted by Gasteiger charge is -2.33. The van der Waals surface area contributed by atoms with Gasteiger partial charge in [-0.1, -0.05) is 18.2 Å². The van der Waals surface area contributed by atoms with Crippen LogP contribution in [0.25, 0.3) is 0 Å². The van der Waals surface area contributed by atoms with Crippen LogP contribution < -0.4 is 5.01 Å². The van der Waals surface area contributed by atoms with Crippen molar-refractivity contribution in [2.45, 2.75) is 25.5 Å². The Bertz CT molecular complexity index is 862. The molecule has 3 heterocycles. The SMILES string of the molecule is CC(=O)C[C@H]1CS[C@@H](c2ccoc2)[C@]12C(=O)N(c1ccccc1)N=C2C. The molecule has 2 aliphatic heterocycles. The van der Waals surface area contributed by atoms with Crippen molar-refractivity contribution in [2.75, 3.05) is 10.8 Å². The van der Waals surface area contributed by atoms with Gasteiger partial charge in [0.15, 0.2) is 0 Å². The molecule has 2 aliphatic rings. The van der Waals surface area contributed by atoms with Gasteiger partial charge in [0.25, 0.3) is 5.91 Å². The molecule has 4 rings (SSSR count). The molecule has 1 amide bonds. The van der Waals surface area contributed by atoms with Gasteiger partial charge in [0.1, 0.15) is 11.2 Å². The fraction of sp³-hybridized carbons (Fsp3) is 0.350. The van der Waals surface area contributed by atoms with Gasteiger partial charge in [-0.15, -0.1) is 0 Å². The molecule has 1 saturated heterocycles. The van der Waals surface area contributed by atoms with Gasteiger partial charge < -0.3 is 9.21 Å². The largest absolute Gasteiger partial charge is 0.472 e. The molecule has 26 heavy (non-hydrogen) atoms. The number of thioether (sulfide) groups is 1. The minimum atomic E-state index is -0.809. The quantitative estimate of drug-likeness (QED) is 0.816. The van der Waals surface area contributed by atoms with Crippen molar-refractivity contribution in [3.63, 3.8) is 0 Å². The minimum absolute atomic E-state index is 0.0522. The van der Waals surface area contributed by atoms with Gasteiger partial charge in [-0.3, -0.25) is 4.79 Å². The number of rotatable bonds is 4. The van der Waals surface area contributed by atoms with Crippen LogP contribution in [-0.2, 0) is 9.59 Å². The van der Waals surface area contributed by atoms with Crippen molar-refractivity contribution in [2.24, 2.45) is 16.4 Å². The van der Waals surface area contributed by atoms with Crippen LogP contribution in [0.2, 0.25) is 0 Å². The van der Waals surface area contributed by atoms with E-state index in [1.807, 2.05) is 43.3 Å². The van der Waals surface area contributed by atoms with Gasteiger partial charge in [0, 0.05) is 12.0 Å². The third kappa shape index (κ3) is 2.43. The van der Waals surface area contributed by atoms with E-state index < -0.39 is 5.41 Å². The molecule has 3 atom stereocenters. The summed E-state index contributed by atoms with van der Waals surface area (Å²) in [6.07, 6.45) is 3.70. The Morgan fingerprint density at radius 3 is 2.77 bits per heavy atom. The zero-order chi connectivity index (χ0) is 18.3.